The summed E-state index contributed by atoms with van der Waals surface area (Å²) in [7, 11) is 0. The number of benzene rings is 1. The topological polar surface area (TPSA) is 90.0 Å². The predicted octanol–water partition coefficient (Wildman–Crippen LogP) is 1.12. The maximum absolute atomic E-state index is 12.4. The summed E-state index contributed by atoms with van der Waals surface area (Å²) >= 11 is 5.79. The third kappa shape index (κ3) is 3.01. The number of aromatic nitrogens is 4. The standard InChI is InChI=1S/C15H13ClN4O3/c16-11-3-1-10(2-4-11)13(22)8-19-9-17-14-12(15(19)23)7-18-20(14)5-6-21/h1-4,7,9,21H,5-6,8H2. The van der Waals surface area contributed by atoms with Crippen LogP contribution < -0.4 is 5.56 Å². The summed E-state index contributed by atoms with van der Waals surface area (Å²) in [6, 6.07) is 6.47. The van der Waals surface area contributed by atoms with Gasteiger partial charge in [0.15, 0.2) is 11.4 Å². The maximum atomic E-state index is 12.4. The van der Waals surface area contributed by atoms with E-state index in [1.54, 1.807) is 24.3 Å². The second-order valence-corrected chi connectivity index (χ2v) is 5.37. The van der Waals surface area contributed by atoms with Crippen LogP contribution in [-0.4, -0.2) is 36.8 Å². The molecule has 1 aromatic carbocycles. The summed E-state index contributed by atoms with van der Waals surface area (Å²) < 4.78 is 2.69. The molecule has 0 aliphatic carbocycles. The monoisotopic (exact) mass is 332 g/mol. The molecule has 0 unspecified atom stereocenters. The van der Waals surface area contributed by atoms with E-state index < -0.39 is 0 Å². The Hall–Kier alpha value is -2.51. The predicted molar refractivity (Wildman–Crippen MR) is 84.7 cm³/mol. The zero-order chi connectivity index (χ0) is 16.4. The molecule has 2 heterocycles. The molecule has 1 N–H and O–H groups in total. The number of carbonyl (C=O) groups is 1. The lowest BCUT2D eigenvalue weighted by molar-refractivity contribution is 0.0970. The fourth-order valence-electron chi connectivity index (χ4n) is 2.25. The van der Waals surface area contributed by atoms with E-state index in [1.807, 2.05) is 0 Å². The van der Waals surface area contributed by atoms with Gasteiger partial charge in [-0.3, -0.25) is 14.2 Å². The van der Waals surface area contributed by atoms with E-state index in [0.717, 1.165) is 0 Å². The number of hydrogen-bond donors (Lipinski definition) is 1. The van der Waals surface area contributed by atoms with Crippen molar-refractivity contribution in [2.24, 2.45) is 0 Å². The molecule has 3 rings (SSSR count). The van der Waals surface area contributed by atoms with Gasteiger partial charge in [0.2, 0.25) is 0 Å². The summed E-state index contributed by atoms with van der Waals surface area (Å²) in [5, 5.41) is 13.8. The van der Waals surface area contributed by atoms with Crippen molar-refractivity contribution in [1.29, 1.82) is 0 Å². The third-order valence-corrected chi connectivity index (χ3v) is 3.67. The minimum absolute atomic E-state index is 0.101. The normalized spacial score (nSPS) is 11.0. The summed E-state index contributed by atoms with van der Waals surface area (Å²) in [5.74, 6) is -0.215. The molecule has 0 saturated heterocycles. The van der Waals surface area contributed by atoms with Crippen molar-refractivity contribution in [3.8, 4) is 0 Å². The summed E-state index contributed by atoms with van der Waals surface area (Å²) in [4.78, 5) is 28.8. The van der Waals surface area contributed by atoms with Crippen LogP contribution in [0, 0.1) is 0 Å². The number of nitrogens with zero attached hydrogens (tertiary/aromatic N) is 4. The lowest BCUT2D eigenvalue weighted by atomic mass is 10.1. The SMILES string of the molecule is O=C(Cn1cnc2c(cnn2CCO)c1=O)c1ccc(Cl)cc1. The number of fused-ring (bicyclic) bond motifs is 1. The highest BCUT2D eigenvalue weighted by molar-refractivity contribution is 6.30. The molecule has 0 amide bonds. The molecule has 0 aliphatic rings. The molecule has 23 heavy (non-hydrogen) atoms. The van der Waals surface area contributed by atoms with Gasteiger partial charge in [-0.1, -0.05) is 11.6 Å². The average molecular weight is 333 g/mol. The number of carbonyl (C=O) groups excluding carboxylic acids is 1. The Bertz CT molecular complexity index is 915. The van der Waals surface area contributed by atoms with Gasteiger partial charge in [0.05, 0.1) is 25.9 Å². The number of halogens is 1. The number of rotatable bonds is 5. The van der Waals surface area contributed by atoms with Gasteiger partial charge in [0.25, 0.3) is 5.56 Å². The quantitative estimate of drug-likeness (QED) is 0.707. The van der Waals surface area contributed by atoms with Crippen molar-refractivity contribution in [3.05, 3.63) is 57.7 Å². The summed E-state index contributed by atoms with van der Waals surface area (Å²) in [6.07, 6.45) is 2.71. The molecule has 0 bridgehead atoms. The zero-order valence-electron chi connectivity index (χ0n) is 12.0. The van der Waals surface area contributed by atoms with Crippen molar-refractivity contribution in [3.63, 3.8) is 0 Å². The Morgan fingerprint density at radius 1 is 1.26 bits per heavy atom. The molecule has 2 aromatic heterocycles. The Labute approximate surface area is 135 Å². The maximum Gasteiger partial charge on any atom is 0.264 e. The molecule has 0 radical (unpaired) electrons. The molecule has 0 spiro atoms. The van der Waals surface area contributed by atoms with Crippen LogP contribution in [0.5, 0.6) is 0 Å². The van der Waals surface area contributed by atoms with Gasteiger partial charge in [-0.2, -0.15) is 5.10 Å². The number of aliphatic hydroxyl groups is 1. The number of Topliss-reactive ketones (excluding diaryl/α,β-unsaturated/α-hetero) is 1. The summed E-state index contributed by atoms with van der Waals surface area (Å²) in [6.45, 7) is 0.0365. The lowest BCUT2D eigenvalue weighted by Gasteiger charge is -2.05. The van der Waals surface area contributed by atoms with Gasteiger partial charge in [-0.15, -0.1) is 0 Å². The molecule has 118 valence electrons. The van der Waals surface area contributed by atoms with E-state index in [9.17, 15) is 9.59 Å². The van der Waals surface area contributed by atoms with Crippen LogP contribution in [0.2, 0.25) is 5.02 Å². The van der Waals surface area contributed by atoms with Crippen LogP contribution in [0.1, 0.15) is 10.4 Å². The average Bonchev–Trinajstić information content (AvgIpc) is 2.95. The van der Waals surface area contributed by atoms with E-state index >= 15 is 0 Å². The smallest absolute Gasteiger partial charge is 0.264 e. The number of ketones is 1. The first-order valence-electron chi connectivity index (χ1n) is 6.90. The lowest BCUT2D eigenvalue weighted by Crippen LogP contribution is -2.24. The van der Waals surface area contributed by atoms with Gasteiger partial charge < -0.3 is 5.11 Å². The first-order valence-corrected chi connectivity index (χ1v) is 7.28. The van der Waals surface area contributed by atoms with E-state index in [4.69, 9.17) is 16.7 Å². The van der Waals surface area contributed by atoms with Crippen LogP contribution in [0.3, 0.4) is 0 Å². The highest BCUT2D eigenvalue weighted by atomic mass is 35.5. The van der Waals surface area contributed by atoms with Gasteiger partial charge in [0.1, 0.15) is 11.7 Å². The highest BCUT2D eigenvalue weighted by Gasteiger charge is 2.13. The van der Waals surface area contributed by atoms with Gasteiger partial charge in [-0.05, 0) is 24.3 Å². The minimum atomic E-state index is -0.346. The first-order chi connectivity index (χ1) is 11.1. The number of hydrogen-bond acceptors (Lipinski definition) is 5. The largest absolute Gasteiger partial charge is 0.394 e. The van der Waals surface area contributed by atoms with Crippen molar-refractivity contribution in [2.75, 3.05) is 6.61 Å². The molecule has 0 atom stereocenters. The molecule has 3 aromatic rings. The molecule has 0 aliphatic heterocycles. The fourth-order valence-corrected chi connectivity index (χ4v) is 2.38. The van der Waals surface area contributed by atoms with Crippen molar-refractivity contribution >= 4 is 28.4 Å². The molecule has 0 fully saturated rings. The Morgan fingerprint density at radius 2 is 2.00 bits per heavy atom. The molecular formula is C15H13ClN4O3. The van der Waals surface area contributed by atoms with E-state index in [1.165, 1.54) is 21.8 Å². The van der Waals surface area contributed by atoms with Gasteiger partial charge in [0, 0.05) is 10.6 Å². The molecular weight excluding hydrogens is 320 g/mol. The zero-order valence-corrected chi connectivity index (χ0v) is 12.8. The molecule has 0 saturated carbocycles. The first kappa shape index (κ1) is 15.4. The van der Waals surface area contributed by atoms with Crippen LogP contribution in [-0.2, 0) is 13.1 Å². The van der Waals surface area contributed by atoms with Gasteiger partial charge in [-0.25, -0.2) is 9.67 Å². The van der Waals surface area contributed by atoms with Crippen molar-refractivity contribution < 1.29 is 9.90 Å². The van der Waals surface area contributed by atoms with Crippen LogP contribution in [0.15, 0.2) is 41.6 Å². The Morgan fingerprint density at radius 3 is 2.70 bits per heavy atom. The number of aliphatic hydroxyl groups excluding tert-OH is 1. The molecule has 8 heteroatoms. The second kappa shape index (κ2) is 6.31. The van der Waals surface area contributed by atoms with E-state index in [0.29, 0.717) is 21.6 Å². The summed E-state index contributed by atoms with van der Waals surface area (Å²) in [5.41, 5.74) is 0.512. The fraction of sp³-hybridized carbons (Fsp3) is 0.200. The van der Waals surface area contributed by atoms with Crippen molar-refractivity contribution in [2.45, 2.75) is 13.1 Å². The third-order valence-electron chi connectivity index (χ3n) is 3.41. The second-order valence-electron chi connectivity index (χ2n) is 4.94. The van der Waals surface area contributed by atoms with Crippen LogP contribution in [0.25, 0.3) is 11.0 Å². The van der Waals surface area contributed by atoms with Crippen LogP contribution >= 0.6 is 11.6 Å². The molecule has 7 nitrogen and oxygen atoms in total. The van der Waals surface area contributed by atoms with E-state index in [2.05, 4.69) is 10.1 Å². The van der Waals surface area contributed by atoms with Crippen LogP contribution in [0.4, 0.5) is 0 Å². The highest BCUT2D eigenvalue weighted by Crippen LogP contribution is 2.11. The van der Waals surface area contributed by atoms with Gasteiger partial charge >= 0.3 is 0 Å². The Balaban J connectivity index is 1.91. The minimum Gasteiger partial charge on any atom is -0.394 e. The Kier molecular flexibility index (Phi) is 4.22. The van der Waals surface area contributed by atoms with Crippen molar-refractivity contribution in [1.82, 2.24) is 19.3 Å². The van der Waals surface area contributed by atoms with E-state index in [-0.39, 0.29) is 31.0 Å².